The summed E-state index contributed by atoms with van der Waals surface area (Å²) in [4.78, 5) is 38.2. The van der Waals surface area contributed by atoms with Crippen LogP contribution in [0.3, 0.4) is 0 Å². The van der Waals surface area contributed by atoms with E-state index in [1.54, 1.807) is 0 Å². The normalized spacial score (nSPS) is 12.2. The molecule has 6 nitrogen and oxygen atoms in total. The Hall–Kier alpha value is -2.37. The zero-order valence-corrected chi connectivity index (χ0v) is 44.9. The quantitative estimate of drug-likeness (QED) is 0.0262. The van der Waals surface area contributed by atoms with Gasteiger partial charge < -0.3 is 14.2 Å². The number of carbonyl (C=O) groups excluding carboxylic acids is 3. The van der Waals surface area contributed by atoms with Gasteiger partial charge in [-0.1, -0.05) is 237 Å². The Morgan fingerprint density at radius 2 is 0.493 bits per heavy atom. The largest absolute Gasteiger partial charge is 0.462 e. The van der Waals surface area contributed by atoms with Crippen molar-refractivity contribution in [1.82, 2.24) is 0 Å². The number of unbranched alkanes of at least 4 members (excludes halogenated alkanes) is 37. The number of rotatable bonds is 54. The second kappa shape index (κ2) is 56.2. The van der Waals surface area contributed by atoms with Crippen molar-refractivity contribution in [3.63, 3.8) is 0 Å². The average molecular weight is 942 g/mol. The lowest BCUT2D eigenvalue weighted by Crippen LogP contribution is -2.30. The predicted octanol–water partition coefficient (Wildman–Crippen LogP) is 19.7. The first-order chi connectivity index (χ1) is 33.0. The molecule has 0 bridgehead atoms. The van der Waals surface area contributed by atoms with Crippen molar-refractivity contribution < 1.29 is 28.6 Å². The minimum atomic E-state index is -0.780. The number of allylic oxidation sites excluding steroid dienone is 6. The van der Waals surface area contributed by atoms with Crippen molar-refractivity contribution in [3.8, 4) is 0 Å². The van der Waals surface area contributed by atoms with Gasteiger partial charge >= 0.3 is 17.9 Å². The second-order valence-corrected chi connectivity index (χ2v) is 19.9. The van der Waals surface area contributed by atoms with E-state index in [1.807, 2.05) is 0 Å². The van der Waals surface area contributed by atoms with Crippen LogP contribution >= 0.6 is 0 Å². The summed E-state index contributed by atoms with van der Waals surface area (Å²) in [6.45, 7) is 6.65. The van der Waals surface area contributed by atoms with Crippen molar-refractivity contribution in [2.45, 2.75) is 322 Å². The maximum atomic E-state index is 12.9. The van der Waals surface area contributed by atoms with E-state index in [1.165, 1.54) is 205 Å². The van der Waals surface area contributed by atoms with Gasteiger partial charge in [0.25, 0.3) is 0 Å². The van der Waals surface area contributed by atoms with Gasteiger partial charge in [-0.2, -0.15) is 0 Å². The lowest BCUT2D eigenvalue weighted by Gasteiger charge is -2.18. The average Bonchev–Trinajstić information content (AvgIpc) is 3.33. The molecule has 0 aromatic carbocycles. The van der Waals surface area contributed by atoms with Gasteiger partial charge in [-0.25, -0.2) is 0 Å². The fraction of sp³-hybridized carbons (Fsp3) is 0.852. The molecule has 0 rings (SSSR count). The van der Waals surface area contributed by atoms with Crippen LogP contribution in [0.1, 0.15) is 316 Å². The zero-order chi connectivity index (χ0) is 48.6. The molecule has 0 aromatic heterocycles. The Kier molecular flexibility index (Phi) is 54.2. The molecule has 0 N–H and O–H groups in total. The van der Waals surface area contributed by atoms with Gasteiger partial charge in [0, 0.05) is 19.3 Å². The van der Waals surface area contributed by atoms with Crippen LogP contribution in [0, 0.1) is 0 Å². The number of hydrogen-bond donors (Lipinski definition) is 0. The second-order valence-electron chi connectivity index (χ2n) is 19.9. The van der Waals surface area contributed by atoms with Crippen LogP contribution in [0.2, 0.25) is 0 Å². The van der Waals surface area contributed by atoms with Crippen LogP contribution in [0.15, 0.2) is 36.5 Å². The van der Waals surface area contributed by atoms with Crippen LogP contribution in [0.25, 0.3) is 0 Å². The van der Waals surface area contributed by atoms with Crippen LogP contribution in [-0.2, 0) is 28.6 Å². The summed E-state index contributed by atoms with van der Waals surface area (Å²) in [5.41, 5.74) is 0. The van der Waals surface area contributed by atoms with Gasteiger partial charge in [0.2, 0.25) is 0 Å². The van der Waals surface area contributed by atoms with Crippen molar-refractivity contribution in [3.05, 3.63) is 36.5 Å². The van der Waals surface area contributed by atoms with Gasteiger partial charge in [-0.15, -0.1) is 0 Å². The number of hydrogen-bond acceptors (Lipinski definition) is 6. The Morgan fingerprint density at radius 1 is 0.284 bits per heavy atom. The lowest BCUT2D eigenvalue weighted by molar-refractivity contribution is -0.167. The summed E-state index contributed by atoms with van der Waals surface area (Å²) in [6, 6.07) is 0. The summed E-state index contributed by atoms with van der Waals surface area (Å²) in [5, 5.41) is 0. The van der Waals surface area contributed by atoms with Crippen LogP contribution in [-0.4, -0.2) is 37.2 Å². The Labute approximate surface area is 416 Å². The van der Waals surface area contributed by atoms with Gasteiger partial charge in [-0.05, 0) is 96.3 Å². The van der Waals surface area contributed by atoms with Crippen LogP contribution in [0.5, 0.6) is 0 Å². The maximum absolute atomic E-state index is 12.9. The lowest BCUT2D eigenvalue weighted by atomic mass is 10.1. The molecular formula is C61H112O6. The zero-order valence-electron chi connectivity index (χ0n) is 44.9. The third-order valence-corrected chi connectivity index (χ3v) is 13.1. The van der Waals surface area contributed by atoms with E-state index >= 15 is 0 Å². The van der Waals surface area contributed by atoms with Crippen molar-refractivity contribution in [1.29, 1.82) is 0 Å². The highest BCUT2D eigenvalue weighted by Gasteiger charge is 2.19. The van der Waals surface area contributed by atoms with Gasteiger partial charge in [0.05, 0.1) is 0 Å². The molecule has 0 spiro atoms. The Balaban J connectivity index is 4.37. The third kappa shape index (κ3) is 54.4. The molecule has 0 saturated carbocycles. The molecule has 0 amide bonds. The third-order valence-electron chi connectivity index (χ3n) is 13.1. The van der Waals surface area contributed by atoms with E-state index in [-0.39, 0.29) is 31.1 Å². The summed E-state index contributed by atoms with van der Waals surface area (Å²) in [6.07, 6.45) is 67.0. The first-order valence-corrected chi connectivity index (χ1v) is 29.5. The smallest absolute Gasteiger partial charge is 0.306 e. The molecule has 0 heterocycles. The molecular weight excluding hydrogens is 829 g/mol. The summed E-state index contributed by atoms with van der Waals surface area (Å²) in [7, 11) is 0. The number of esters is 3. The Morgan fingerprint density at radius 3 is 0.761 bits per heavy atom. The van der Waals surface area contributed by atoms with E-state index in [2.05, 4.69) is 57.2 Å². The first kappa shape index (κ1) is 64.6. The van der Waals surface area contributed by atoms with Gasteiger partial charge in [-0.3, -0.25) is 14.4 Å². The monoisotopic (exact) mass is 941 g/mol. The molecule has 0 saturated heterocycles. The van der Waals surface area contributed by atoms with Gasteiger partial charge in [0.1, 0.15) is 13.2 Å². The van der Waals surface area contributed by atoms with E-state index in [9.17, 15) is 14.4 Å². The summed E-state index contributed by atoms with van der Waals surface area (Å²) < 4.78 is 16.9. The molecule has 0 aromatic rings. The van der Waals surface area contributed by atoms with E-state index in [4.69, 9.17) is 14.2 Å². The van der Waals surface area contributed by atoms with E-state index in [0.717, 1.165) is 70.6 Å². The van der Waals surface area contributed by atoms with Crippen molar-refractivity contribution in [2.75, 3.05) is 13.2 Å². The number of carbonyl (C=O) groups is 3. The van der Waals surface area contributed by atoms with E-state index < -0.39 is 6.10 Å². The van der Waals surface area contributed by atoms with Crippen molar-refractivity contribution in [2.24, 2.45) is 0 Å². The molecule has 0 radical (unpaired) electrons. The first-order valence-electron chi connectivity index (χ1n) is 29.5. The fourth-order valence-corrected chi connectivity index (χ4v) is 8.60. The summed E-state index contributed by atoms with van der Waals surface area (Å²) >= 11 is 0. The highest BCUT2D eigenvalue weighted by atomic mass is 16.6. The van der Waals surface area contributed by atoms with Crippen molar-refractivity contribution >= 4 is 17.9 Å². The minimum Gasteiger partial charge on any atom is -0.462 e. The predicted molar refractivity (Wildman–Crippen MR) is 289 cm³/mol. The number of ether oxygens (including phenoxy) is 3. The highest BCUT2D eigenvalue weighted by Crippen LogP contribution is 2.16. The molecule has 0 aliphatic carbocycles. The molecule has 67 heavy (non-hydrogen) atoms. The van der Waals surface area contributed by atoms with Crippen LogP contribution in [0.4, 0.5) is 0 Å². The molecule has 1 unspecified atom stereocenters. The highest BCUT2D eigenvalue weighted by molar-refractivity contribution is 5.71. The van der Waals surface area contributed by atoms with Crippen LogP contribution < -0.4 is 0 Å². The SMILES string of the molecule is CCCCCC/C=C\CCCCCCCCCC(=O)OCC(COC(=O)CCCCCCC/C=C\CCCCCCCCCCC)OC(=O)CCCCCCC/C=C\CCCCCCCCC. The van der Waals surface area contributed by atoms with E-state index in [0.29, 0.717) is 19.3 Å². The standard InChI is InChI=1S/C61H112O6/c1-4-7-10-13-16-19-22-25-28-30-31-34-36-39-42-45-48-51-54-60(63)66-57-58(56-65-59(62)53-50-47-44-41-38-35-32-27-24-21-18-15-12-9-6-3)67-61(64)55-52-49-46-43-40-37-33-29-26-23-20-17-14-11-8-5-2/h21,24,29,31,33-34,58H,4-20,22-23,25-28,30,32,35-57H2,1-3H3/b24-21-,33-29-,34-31-. The molecule has 0 aliphatic rings. The van der Waals surface area contributed by atoms with Gasteiger partial charge in [0.15, 0.2) is 6.10 Å². The fourth-order valence-electron chi connectivity index (χ4n) is 8.60. The molecule has 0 aliphatic heterocycles. The maximum Gasteiger partial charge on any atom is 0.306 e. The topological polar surface area (TPSA) is 78.9 Å². The molecule has 0 fully saturated rings. The molecule has 392 valence electrons. The Bertz CT molecular complexity index is 1130. The summed E-state index contributed by atoms with van der Waals surface area (Å²) in [5.74, 6) is -0.883. The minimum absolute atomic E-state index is 0.0782. The molecule has 6 heteroatoms. The molecule has 1 atom stereocenters.